The maximum Gasteiger partial charge on any atom is 0.193 e. The van der Waals surface area contributed by atoms with E-state index in [1.165, 1.54) is 0 Å². The van der Waals surface area contributed by atoms with Crippen molar-refractivity contribution in [1.82, 2.24) is 0 Å². The van der Waals surface area contributed by atoms with Crippen molar-refractivity contribution in [3.05, 3.63) is 0 Å². The highest BCUT2D eigenvalue weighted by molar-refractivity contribution is 9.10. The van der Waals surface area contributed by atoms with Gasteiger partial charge in [0, 0.05) is 0 Å². The molecule has 0 aliphatic carbocycles. The van der Waals surface area contributed by atoms with E-state index in [-0.39, 0.29) is 5.62 Å². The fourth-order valence-corrected chi connectivity index (χ4v) is 1.49. The molecule has 0 bridgehead atoms. The molecule has 1 atom stereocenters. The van der Waals surface area contributed by atoms with Gasteiger partial charge in [-0.15, -0.1) is 11.6 Å². The van der Waals surface area contributed by atoms with Crippen LogP contribution in [0.4, 0.5) is 0 Å². The van der Waals surface area contributed by atoms with Crippen LogP contribution in [0.2, 0.25) is 0 Å². The Labute approximate surface area is 60.7 Å². The summed E-state index contributed by atoms with van der Waals surface area (Å²) in [6.07, 6.45) is 0. The Balaban J connectivity index is 3.61. The predicted molar refractivity (Wildman–Crippen MR) is 38.0 cm³/mol. The average molecular weight is 226 g/mol. The van der Waals surface area contributed by atoms with Gasteiger partial charge >= 0.3 is 0 Å². The maximum atomic E-state index is 10.5. The van der Waals surface area contributed by atoms with E-state index in [2.05, 4.69) is 15.9 Å². The first-order valence-electron chi connectivity index (χ1n) is 1.52. The van der Waals surface area contributed by atoms with Gasteiger partial charge in [0.1, 0.15) is 0 Å². The molecule has 0 heterocycles. The molecule has 0 fully saturated rings. The second kappa shape index (κ2) is 3.34. The topological polar surface area (TPSA) is 17.1 Å². The summed E-state index contributed by atoms with van der Waals surface area (Å²) >= 11 is 13.4. The molecule has 0 spiro atoms. The zero-order chi connectivity index (χ0) is 5.91. The first-order chi connectivity index (χ1) is 3.12. The van der Waals surface area contributed by atoms with Gasteiger partial charge in [0.05, 0.1) is 10.7 Å². The van der Waals surface area contributed by atoms with Gasteiger partial charge in [-0.1, -0.05) is 27.2 Å². The van der Waals surface area contributed by atoms with Crippen molar-refractivity contribution in [3.8, 4) is 0 Å². The van der Waals surface area contributed by atoms with Crippen LogP contribution in [0.25, 0.3) is 0 Å². The minimum absolute atomic E-state index is 0.0415. The van der Waals surface area contributed by atoms with E-state index in [9.17, 15) is 4.57 Å². The molecule has 7 heavy (non-hydrogen) atoms. The molecule has 0 saturated carbocycles. The van der Waals surface area contributed by atoms with Crippen molar-refractivity contribution in [1.29, 1.82) is 0 Å². The number of alkyl halides is 2. The normalized spacial score (nSPS) is 18.7. The summed E-state index contributed by atoms with van der Waals surface area (Å²) in [6, 6.07) is 0. The third-order valence-corrected chi connectivity index (χ3v) is 6.61. The molecule has 0 aromatic carbocycles. The minimum Gasteiger partial charge on any atom is -0.305 e. The number of hydrogen-bond donors (Lipinski definition) is 0. The van der Waals surface area contributed by atoms with Gasteiger partial charge < -0.3 is 4.57 Å². The Morgan fingerprint density at radius 2 is 2.14 bits per heavy atom. The smallest absolute Gasteiger partial charge is 0.193 e. The fraction of sp³-hybridized carbons (Fsp3) is 1.00. The first-order valence-corrected chi connectivity index (χ1v) is 6.16. The average Bonchev–Trinajstić information content (AvgIpc) is 1.68. The van der Waals surface area contributed by atoms with Gasteiger partial charge in [0.15, 0.2) is 6.49 Å². The molecule has 1 nitrogen and oxygen atoms in total. The lowest BCUT2D eigenvalue weighted by Crippen LogP contribution is -1.70. The lowest BCUT2D eigenvalue weighted by Gasteiger charge is -1.96. The highest BCUT2D eigenvalue weighted by atomic mass is 79.9. The number of rotatable bonds is 2. The van der Waals surface area contributed by atoms with E-state index >= 15 is 0 Å². The van der Waals surface area contributed by atoms with Crippen molar-refractivity contribution in [3.63, 3.8) is 0 Å². The third kappa shape index (κ3) is 3.84. The summed E-state index contributed by atoms with van der Waals surface area (Å²) in [4.78, 5) is 0. The molecule has 0 radical (unpaired) electrons. The van der Waals surface area contributed by atoms with E-state index in [0.717, 1.165) is 0 Å². The molecule has 1 unspecified atom stereocenters. The summed E-state index contributed by atoms with van der Waals surface area (Å²) in [6.45, 7) is -2.50. The van der Waals surface area contributed by atoms with Gasteiger partial charge in [0.25, 0.3) is 0 Å². The highest BCUT2D eigenvalue weighted by Gasteiger charge is 2.12. The van der Waals surface area contributed by atoms with Gasteiger partial charge in [-0.25, -0.2) is 0 Å². The summed E-state index contributed by atoms with van der Waals surface area (Å²) in [5.41, 5.74) is 0.0415. The second-order valence-electron chi connectivity index (χ2n) is 1.03. The van der Waals surface area contributed by atoms with Gasteiger partial charge in [-0.2, -0.15) is 0 Å². The van der Waals surface area contributed by atoms with E-state index in [1.807, 2.05) is 0 Å². The van der Waals surface area contributed by atoms with Crippen LogP contribution in [0, 0.1) is 0 Å². The highest BCUT2D eigenvalue weighted by Crippen LogP contribution is 2.53. The lowest BCUT2D eigenvalue weighted by atomic mass is 11.9. The van der Waals surface area contributed by atoms with E-state index in [0.29, 0.717) is 5.07 Å². The van der Waals surface area contributed by atoms with Crippen LogP contribution in [0.5, 0.6) is 0 Å². The van der Waals surface area contributed by atoms with Crippen LogP contribution in [-0.2, 0) is 4.57 Å². The lowest BCUT2D eigenvalue weighted by molar-refractivity contribution is 0.590. The van der Waals surface area contributed by atoms with E-state index in [4.69, 9.17) is 22.8 Å². The molecule has 5 heteroatoms. The van der Waals surface area contributed by atoms with Gasteiger partial charge in [-0.05, 0) is 0 Å². The largest absolute Gasteiger partial charge is 0.305 e. The predicted octanol–water partition coefficient (Wildman–Crippen LogP) is 3.05. The molecule has 0 aliphatic heterocycles. The molecule has 0 rings (SSSR count). The molecule has 0 amide bonds. The SMILES string of the molecule is O=P(Cl)(CCl)CBr. The van der Waals surface area contributed by atoms with Crippen molar-refractivity contribution in [2.75, 3.05) is 10.7 Å². The summed E-state index contributed by atoms with van der Waals surface area (Å²) < 4.78 is 10.5. The first kappa shape index (κ1) is 8.29. The monoisotopic (exact) mass is 224 g/mol. The number of halogens is 3. The quantitative estimate of drug-likeness (QED) is 0.522. The summed E-state index contributed by atoms with van der Waals surface area (Å²) in [7, 11) is 0. The standard InChI is InChI=1S/C2H4BrCl2OP/c3-1-7(5,6)2-4/h1-2H2. The molecule has 44 valence electrons. The van der Waals surface area contributed by atoms with Crippen LogP contribution in [0.1, 0.15) is 0 Å². The van der Waals surface area contributed by atoms with Crippen molar-refractivity contribution >= 4 is 45.3 Å². The zero-order valence-electron chi connectivity index (χ0n) is 3.40. The fourth-order valence-electron chi connectivity index (χ4n) is 0.0319. The van der Waals surface area contributed by atoms with Crippen molar-refractivity contribution < 1.29 is 4.57 Å². The van der Waals surface area contributed by atoms with Crippen molar-refractivity contribution in [2.24, 2.45) is 0 Å². The molecule has 0 saturated heterocycles. The molecular weight excluding hydrogens is 222 g/mol. The Kier molecular flexibility index (Phi) is 3.96. The molecule has 0 aromatic heterocycles. The van der Waals surface area contributed by atoms with Crippen LogP contribution in [-0.4, -0.2) is 10.7 Å². The maximum absolute atomic E-state index is 10.5. The van der Waals surface area contributed by atoms with Gasteiger partial charge in [0.2, 0.25) is 0 Å². The molecule has 0 aliphatic rings. The Morgan fingerprint density at radius 1 is 1.71 bits per heavy atom. The van der Waals surface area contributed by atoms with Crippen LogP contribution < -0.4 is 0 Å². The molecule has 0 aromatic rings. The number of hydrogen-bond acceptors (Lipinski definition) is 1. The summed E-state index contributed by atoms with van der Waals surface area (Å²) in [5.74, 6) is 0. The van der Waals surface area contributed by atoms with E-state index < -0.39 is 6.49 Å². The van der Waals surface area contributed by atoms with Crippen molar-refractivity contribution in [2.45, 2.75) is 0 Å². The minimum atomic E-state index is -2.50. The van der Waals surface area contributed by atoms with Crippen LogP contribution in [0.15, 0.2) is 0 Å². The molecular formula is C2H4BrCl2OP. The van der Waals surface area contributed by atoms with E-state index in [1.54, 1.807) is 0 Å². The second-order valence-corrected chi connectivity index (χ2v) is 7.16. The van der Waals surface area contributed by atoms with Crippen LogP contribution in [0.3, 0.4) is 0 Å². The van der Waals surface area contributed by atoms with Crippen LogP contribution >= 0.6 is 45.3 Å². The Hall–Kier alpha value is 1.29. The molecule has 0 N–H and O–H groups in total. The Morgan fingerprint density at radius 3 is 2.14 bits per heavy atom. The summed E-state index contributed by atoms with van der Waals surface area (Å²) in [5, 5.41) is 0.297. The third-order valence-electron chi connectivity index (χ3n) is 0.357. The van der Waals surface area contributed by atoms with Gasteiger partial charge in [-0.3, -0.25) is 0 Å². The zero-order valence-corrected chi connectivity index (χ0v) is 7.40. The Bertz CT molecular complexity index is 87.7.